The monoisotopic (exact) mass is 275 g/mol. The molecular formula is C10H11BrClNO. The van der Waals surface area contributed by atoms with Crippen LogP contribution in [0.5, 0.6) is 5.75 Å². The predicted octanol–water partition coefficient (Wildman–Crippen LogP) is 3.27. The molecule has 1 aliphatic rings. The highest BCUT2D eigenvalue weighted by molar-refractivity contribution is 9.10. The first-order valence-electron chi connectivity index (χ1n) is 4.49. The quantitative estimate of drug-likeness (QED) is 0.789. The minimum Gasteiger partial charge on any atom is -0.489 e. The van der Waals surface area contributed by atoms with E-state index in [1.54, 1.807) is 0 Å². The molecule has 0 saturated heterocycles. The number of ether oxygens (including phenoxy) is 1. The minimum atomic E-state index is 0.0174. The first-order valence-corrected chi connectivity index (χ1v) is 5.66. The Hall–Kier alpha value is -0.250. The zero-order valence-electron chi connectivity index (χ0n) is 7.76. The molecule has 0 spiro atoms. The maximum atomic E-state index is 6.02. The number of rotatable bonds is 0. The molecule has 2 unspecified atom stereocenters. The molecule has 0 fully saturated rings. The maximum Gasteiger partial charge on any atom is 0.138 e. The lowest BCUT2D eigenvalue weighted by molar-refractivity contribution is 0.175. The molecule has 4 heteroatoms. The average molecular weight is 277 g/mol. The second-order valence-electron chi connectivity index (χ2n) is 3.58. The summed E-state index contributed by atoms with van der Waals surface area (Å²) in [7, 11) is 0. The molecule has 0 aromatic heterocycles. The Morgan fingerprint density at radius 2 is 2.29 bits per heavy atom. The summed E-state index contributed by atoms with van der Waals surface area (Å²) in [5, 5.41) is 0.684. The Balaban J connectivity index is 2.53. The fourth-order valence-electron chi connectivity index (χ4n) is 1.71. The number of benzene rings is 1. The summed E-state index contributed by atoms with van der Waals surface area (Å²) in [6.45, 7) is 2.02. The minimum absolute atomic E-state index is 0.0174. The highest BCUT2D eigenvalue weighted by Gasteiger charge is 2.25. The van der Waals surface area contributed by atoms with Crippen molar-refractivity contribution in [2.45, 2.75) is 25.5 Å². The van der Waals surface area contributed by atoms with Crippen molar-refractivity contribution in [1.82, 2.24) is 0 Å². The molecule has 1 aromatic rings. The van der Waals surface area contributed by atoms with Crippen LogP contribution in [0.1, 0.15) is 24.9 Å². The molecule has 0 radical (unpaired) electrons. The summed E-state index contributed by atoms with van der Waals surface area (Å²) in [4.78, 5) is 0. The van der Waals surface area contributed by atoms with Gasteiger partial charge in [0.1, 0.15) is 5.75 Å². The fourth-order valence-corrected chi connectivity index (χ4v) is 2.64. The topological polar surface area (TPSA) is 35.2 Å². The molecule has 0 amide bonds. The van der Waals surface area contributed by atoms with Crippen molar-refractivity contribution in [3.8, 4) is 5.75 Å². The highest BCUT2D eigenvalue weighted by Crippen LogP contribution is 2.40. The zero-order chi connectivity index (χ0) is 10.3. The summed E-state index contributed by atoms with van der Waals surface area (Å²) in [5.74, 6) is 0.834. The number of nitrogens with two attached hydrogens (primary N) is 1. The van der Waals surface area contributed by atoms with Gasteiger partial charge in [0.15, 0.2) is 0 Å². The van der Waals surface area contributed by atoms with Gasteiger partial charge in [0, 0.05) is 23.0 Å². The standard InChI is InChI=1S/C10H11BrClNO/c1-5-2-9(13)7-3-6(12)4-8(11)10(7)14-5/h3-5,9H,2,13H2,1H3. The molecule has 2 rings (SSSR count). The van der Waals surface area contributed by atoms with Gasteiger partial charge in [-0.1, -0.05) is 11.6 Å². The van der Waals surface area contributed by atoms with Crippen molar-refractivity contribution < 1.29 is 4.74 Å². The van der Waals surface area contributed by atoms with E-state index in [2.05, 4.69) is 15.9 Å². The third-order valence-corrected chi connectivity index (χ3v) is 3.15. The van der Waals surface area contributed by atoms with Gasteiger partial charge in [-0.05, 0) is 35.0 Å². The molecule has 1 heterocycles. The van der Waals surface area contributed by atoms with E-state index >= 15 is 0 Å². The van der Waals surface area contributed by atoms with Crippen LogP contribution < -0.4 is 10.5 Å². The normalized spacial score (nSPS) is 25.4. The first-order chi connectivity index (χ1) is 6.58. The highest BCUT2D eigenvalue weighted by atomic mass is 79.9. The van der Waals surface area contributed by atoms with E-state index in [1.807, 2.05) is 19.1 Å². The van der Waals surface area contributed by atoms with Crippen molar-refractivity contribution >= 4 is 27.5 Å². The second-order valence-corrected chi connectivity index (χ2v) is 4.87. The van der Waals surface area contributed by atoms with Crippen LogP contribution in [0, 0.1) is 0 Å². The van der Waals surface area contributed by atoms with E-state index in [0.717, 1.165) is 22.2 Å². The molecule has 14 heavy (non-hydrogen) atoms. The SMILES string of the molecule is CC1CC(N)c2cc(Cl)cc(Br)c2O1. The fraction of sp³-hybridized carbons (Fsp3) is 0.400. The van der Waals surface area contributed by atoms with Crippen LogP contribution in [0.3, 0.4) is 0 Å². The van der Waals surface area contributed by atoms with Crippen molar-refractivity contribution in [2.24, 2.45) is 5.73 Å². The van der Waals surface area contributed by atoms with E-state index in [4.69, 9.17) is 22.1 Å². The maximum absolute atomic E-state index is 6.02. The Morgan fingerprint density at radius 1 is 1.57 bits per heavy atom. The van der Waals surface area contributed by atoms with Crippen LogP contribution in [0.4, 0.5) is 0 Å². The van der Waals surface area contributed by atoms with Gasteiger partial charge in [-0.15, -0.1) is 0 Å². The van der Waals surface area contributed by atoms with E-state index in [9.17, 15) is 0 Å². The predicted molar refractivity (Wildman–Crippen MR) is 60.8 cm³/mol. The van der Waals surface area contributed by atoms with Gasteiger partial charge >= 0.3 is 0 Å². The molecular weight excluding hydrogens is 265 g/mol. The second kappa shape index (κ2) is 3.72. The van der Waals surface area contributed by atoms with Crippen molar-refractivity contribution in [1.29, 1.82) is 0 Å². The summed E-state index contributed by atoms with van der Waals surface area (Å²) in [6.07, 6.45) is 0.995. The van der Waals surface area contributed by atoms with Gasteiger partial charge < -0.3 is 10.5 Å². The number of hydrogen-bond acceptors (Lipinski definition) is 2. The summed E-state index contributed by atoms with van der Waals surface area (Å²) in [6, 6.07) is 3.72. The lowest BCUT2D eigenvalue weighted by Gasteiger charge is -2.29. The summed E-state index contributed by atoms with van der Waals surface area (Å²) < 4.78 is 6.58. The molecule has 76 valence electrons. The Kier molecular flexibility index (Phi) is 2.73. The van der Waals surface area contributed by atoms with Gasteiger partial charge in [-0.25, -0.2) is 0 Å². The van der Waals surface area contributed by atoms with Gasteiger partial charge in [0.25, 0.3) is 0 Å². The first kappa shape index (κ1) is 10.3. The molecule has 2 nitrogen and oxygen atoms in total. The third kappa shape index (κ3) is 1.76. The Bertz CT molecular complexity index is 369. The lowest BCUT2D eigenvalue weighted by atomic mass is 9.98. The summed E-state index contributed by atoms with van der Waals surface area (Å²) >= 11 is 9.37. The van der Waals surface area contributed by atoms with Crippen LogP contribution >= 0.6 is 27.5 Å². The number of halogens is 2. The third-order valence-electron chi connectivity index (χ3n) is 2.34. The number of fused-ring (bicyclic) bond motifs is 1. The lowest BCUT2D eigenvalue weighted by Crippen LogP contribution is -2.27. The van der Waals surface area contributed by atoms with Gasteiger partial charge in [-0.2, -0.15) is 0 Å². The molecule has 1 aliphatic heterocycles. The molecule has 0 bridgehead atoms. The van der Waals surface area contributed by atoms with Crippen LogP contribution in [0.15, 0.2) is 16.6 Å². The molecule has 0 aliphatic carbocycles. The summed E-state index contributed by atoms with van der Waals surface area (Å²) in [5.41, 5.74) is 7.00. The molecule has 0 saturated carbocycles. The van der Waals surface area contributed by atoms with Crippen molar-refractivity contribution in [2.75, 3.05) is 0 Å². The van der Waals surface area contributed by atoms with Crippen molar-refractivity contribution in [3.05, 3.63) is 27.2 Å². The Morgan fingerprint density at radius 3 is 3.00 bits per heavy atom. The molecule has 2 atom stereocenters. The van der Waals surface area contributed by atoms with Gasteiger partial charge in [0.2, 0.25) is 0 Å². The van der Waals surface area contributed by atoms with Crippen molar-refractivity contribution in [3.63, 3.8) is 0 Å². The largest absolute Gasteiger partial charge is 0.489 e. The van der Waals surface area contributed by atoms with Gasteiger partial charge in [0.05, 0.1) is 10.6 Å². The smallest absolute Gasteiger partial charge is 0.138 e. The van der Waals surface area contributed by atoms with E-state index in [1.165, 1.54) is 0 Å². The van der Waals surface area contributed by atoms with Crippen LogP contribution in [0.2, 0.25) is 5.02 Å². The number of hydrogen-bond donors (Lipinski definition) is 1. The van der Waals surface area contributed by atoms with Crippen LogP contribution in [0.25, 0.3) is 0 Å². The zero-order valence-corrected chi connectivity index (χ0v) is 10.1. The van der Waals surface area contributed by atoms with Crippen LogP contribution in [-0.2, 0) is 0 Å². The molecule has 2 N–H and O–H groups in total. The van der Waals surface area contributed by atoms with E-state index in [0.29, 0.717) is 5.02 Å². The Labute approximate surface area is 96.5 Å². The van der Waals surface area contributed by atoms with Crippen LogP contribution in [-0.4, -0.2) is 6.10 Å². The average Bonchev–Trinajstić information content (AvgIpc) is 2.07. The van der Waals surface area contributed by atoms with E-state index < -0.39 is 0 Å². The van der Waals surface area contributed by atoms with E-state index in [-0.39, 0.29) is 12.1 Å². The van der Waals surface area contributed by atoms with Gasteiger partial charge in [-0.3, -0.25) is 0 Å². The molecule has 1 aromatic carbocycles.